The van der Waals surface area contributed by atoms with Crippen molar-refractivity contribution < 1.29 is 15.0 Å². The first-order valence-corrected chi connectivity index (χ1v) is 7.14. The number of pyridine rings is 1. The summed E-state index contributed by atoms with van der Waals surface area (Å²) in [5.74, 6) is 5.87. The van der Waals surface area contributed by atoms with Gasteiger partial charge < -0.3 is 15.1 Å². The Kier molecular flexibility index (Phi) is 5.32. The molecule has 0 aromatic carbocycles. The van der Waals surface area contributed by atoms with Crippen LogP contribution < -0.4 is 0 Å². The third-order valence-corrected chi connectivity index (χ3v) is 3.79. The van der Waals surface area contributed by atoms with Gasteiger partial charge in [0.25, 0.3) is 5.91 Å². The second-order valence-corrected chi connectivity index (χ2v) is 5.25. The van der Waals surface area contributed by atoms with Gasteiger partial charge in [0.2, 0.25) is 0 Å². The lowest BCUT2D eigenvalue weighted by Crippen LogP contribution is -2.39. The van der Waals surface area contributed by atoms with Crippen LogP contribution in [-0.2, 0) is 0 Å². The predicted molar refractivity (Wildman–Crippen MR) is 78.5 cm³/mol. The van der Waals surface area contributed by atoms with Crippen LogP contribution in [0.3, 0.4) is 0 Å². The number of carbonyl (C=O) groups is 1. The fourth-order valence-electron chi connectivity index (χ4n) is 2.55. The number of hydrogen-bond donors (Lipinski definition) is 2. The second kappa shape index (κ2) is 7.21. The maximum Gasteiger partial charge on any atom is 0.255 e. The van der Waals surface area contributed by atoms with Crippen LogP contribution in [0.25, 0.3) is 0 Å². The van der Waals surface area contributed by atoms with Crippen LogP contribution in [0, 0.1) is 17.8 Å². The fraction of sp³-hybridized carbons (Fsp3) is 0.500. The van der Waals surface area contributed by atoms with E-state index >= 15 is 0 Å². The van der Waals surface area contributed by atoms with Crippen molar-refractivity contribution in [3.05, 3.63) is 29.6 Å². The third-order valence-electron chi connectivity index (χ3n) is 3.79. The number of hydrogen-bond acceptors (Lipinski definition) is 4. The number of likely N-dealkylation sites (tertiary alicyclic amines) is 1. The van der Waals surface area contributed by atoms with E-state index in [1.54, 1.807) is 17.2 Å². The maximum atomic E-state index is 12.5. The lowest BCUT2D eigenvalue weighted by atomic mass is 10.0. The molecule has 2 N–H and O–H groups in total. The smallest absolute Gasteiger partial charge is 0.255 e. The zero-order chi connectivity index (χ0) is 15.2. The Morgan fingerprint density at radius 1 is 1.48 bits per heavy atom. The van der Waals surface area contributed by atoms with Crippen LogP contribution >= 0.6 is 0 Å². The van der Waals surface area contributed by atoms with E-state index in [0.29, 0.717) is 30.0 Å². The zero-order valence-corrected chi connectivity index (χ0v) is 12.1. The van der Waals surface area contributed by atoms with Crippen molar-refractivity contribution in [2.24, 2.45) is 5.92 Å². The van der Waals surface area contributed by atoms with E-state index in [2.05, 4.69) is 16.8 Å². The van der Waals surface area contributed by atoms with E-state index in [4.69, 9.17) is 5.11 Å². The predicted octanol–water partition coefficient (Wildman–Crippen LogP) is 0.658. The molecule has 1 fully saturated rings. The highest BCUT2D eigenvalue weighted by Crippen LogP contribution is 2.25. The first kappa shape index (κ1) is 15.5. The number of nitrogens with zero attached hydrogens (tertiary/aromatic N) is 2. The van der Waals surface area contributed by atoms with E-state index in [1.165, 1.54) is 6.20 Å². The molecule has 2 rings (SSSR count). The summed E-state index contributed by atoms with van der Waals surface area (Å²) in [4.78, 5) is 18.3. The molecule has 1 amide bonds. The van der Waals surface area contributed by atoms with Gasteiger partial charge in [-0.15, -0.1) is 0 Å². The summed E-state index contributed by atoms with van der Waals surface area (Å²) in [5, 5.41) is 18.2. The molecule has 2 unspecified atom stereocenters. The second-order valence-electron chi connectivity index (χ2n) is 5.25. The van der Waals surface area contributed by atoms with E-state index in [9.17, 15) is 9.90 Å². The summed E-state index contributed by atoms with van der Waals surface area (Å²) in [6, 6.07) is 1.58. The SMILES string of the molecule is CC1CCN(C(=O)c2cncc(C#CCCO)c2)C1CO. The molecular formula is C16H20N2O3. The molecule has 2 atom stereocenters. The largest absolute Gasteiger partial charge is 0.395 e. The van der Waals surface area contributed by atoms with Crippen LogP contribution in [0.15, 0.2) is 18.5 Å². The number of aliphatic hydroxyl groups is 2. The highest BCUT2D eigenvalue weighted by Gasteiger charge is 2.34. The summed E-state index contributed by atoms with van der Waals surface area (Å²) < 4.78 is 0. The van der Waals surface area contributed by atoms with Gasteiger partial charge in [0.05, 0.1) is 24.8 Å². The van der Waals surface area contributed by atoms with Crippen molar-refractivity contribution >= 4 is 5.91 Å². The molecule has 0 aliphatic carbocycles. The van der Waals surface area contributed by atoms with Gasteiger partial charge in [-0.25, -0.2) is 0 Å². The number of amides is 1. The summed E-state index contributed by atoms with van der Waals surface area (Å²) in [5.41, 5.74) is 1.14. The molecule has 5 nitrogen and oxygen atoms in total. The van der Waals surface area contributed by atoms with Gasteiger partial charge in [0.15, 0.2) is 0 Å². The van der Waals surface area contributed by atoms with Crippen molar-refractivity contribution in [2.45, 2.75) is 25.8 Å². The minimum Gasteiger partial charge on any atom is -0.395 e. The summed E-state index contributed by atoms with van der Waals surface area (Å²) in [7, 11) is 0. The average molecular weight is 288 g/mol. The quantitative estimate of drug-likeness (QED) is 0.801. The molecule has 0 bridgehead atoms. The van der Waals surface area contributed by atoms with Gasteiger partial charge >= 0.3 is 0 Å². The van der Waals surface area contributed by atoms with Gasteiger partial charge in [-0.05, 0) is 18.4 Å². The Labute approximate surface area is 124 Å². The first-order valence-electron chi connectivity index (χ1n) is 7.14. The van der Waals surface area contributed by atoms with Crippen molar-refractivity contribution in [3.63, 3.8) is 0 Å². The van der Waals surface area contributed by atoms with Crippen molar-refractivity contribution in [3.8, 4) is 11.8 Å². The zero-order valence-electron chi connectivity index (χ0n) is 12.1. The Morgan fingerprint density at radius 3 is 3.00 bits per heavy atom. The Morgan fingerprint density at radius 2 is 2.29 bits per heavy atom. The van der Waals surface area contributed by atoms with Gasteiger partial charge in [-0.1, -0.05) is 18.8 Å². The fourth-order valence-corrected chi connectivity index (χ4v) is 2.55. The number of aromatic nitrogens is 1. The van der Waals surface area contributed by atoms with Crippen LogP contribution in [0.4, 0.5) is 0 Å². The van der Waals surface area contributed by atoms with Crippen LogP contribution in [-0.4, -0.2) is 51.8 Å². The molecule has 0 spiro atoms. The molecule has 1 aromatic heterocycles. The van der Waals surface area contributed by atoms with E-state index < -0.39 is 0 Å². The van der Waals surface area contributed by atoms with Crippen LogP contribution in [0.5, 0.6) is 0 Å². The topological polar surface area (TPSA) is 73.7 Å². The van der Waals surface area contributed by atoms with E-state index in [1.807, 2.05) is 6.92 Å². The third kappa shape index (κ3) is 3.60. The van der Waals surface area contributed by atoms with E-state index in [0.717, 1.165) is 6.42 Å². The van der Waals surface area contributed by atoms with Crippen LogP contribution in [0.1, 0.15) is 35.7 Å². The lowest BCUT2D eigenvalue weighted by Gasteiger charge is -2.25. The van der Waals surface area contributed by atoms with Crippen molar-refractivity contribution in [1.29, 1.82) is 0 Å². The molecule has 1 aliphatic rings. The number of rotatable bonds is 3. The van der Waals surface area contributed by atoms with Gasteiger partial charge in [-0.2, -0.15) is 0 Å². The maximum absolute atomic E-state index is 12.5. The molecule has 112 valence electrons. The highest BCUT2D eigenvalue weighted by atomic mass is 16.3. The highest BCUT2D eigenvalue weighted by molar-refractivity contribution is 5.94. The molecule has 1 aromatic rings. The van der Waals surface area contributed by atoms with Gasteiger partial charge in [0, 0.05) is 30.9 Å². The monoisotopic (exact) mass is 288 g/mol. The lowest BCUT2D eigenvalue weighted by molar-refractivity contribution is 0.0647. The molecule has 5 heteroatoms. The van der Waals surface area contributed by atoms with E-state index in [-0.39, 0.29) is 25.2 Å². The molecule has 0 radical (unpaired) electrons. The summed E-state index contributed by atoms with van der Waals surface area (Å²) >= 11 is 0. The number of aliphatic hydroxyl groups excluding tert-OH is 2. The molecule has 0 saturated carbocycles. The Balaban J connectivity index is 2.16. The molecular weight excluding hydrogens is 268 g/mol. The van der Waals surface area contributed by atoms with Crippen LogP contribution in [0.2, 0.25) is 0 Å². The minimum atomic E-state index is -0.123. The molecule has 1 aliphatic heterocycles. The van der Waals surface area contributed by atoms with Gasteiger partial charge in [0.1, 0.15) is 0 Å². The van der Waals surface area contributed by atoms with Crippen molar-refractivity contribution in [2.75, 3.05) is 19.8 Å². The number of carbonyl (C=O) groups excluding carboxylic acids is 1. The average Bonchev–Trinajstić information content (AvgIpc) is 2.88. The van der Waals surface area contributed by atoms with Crippen molar-refractivity contribution in [1.82, 2.24) is 9.88 Å². The summed E-state index contributed by atoms with van der Waals surface area (Å²) in [6.45, 7) is 2.70. The minimum absolute atomic E-state index is 0.0168. The first-order chi connectivity index (χ1) is 10.2. The normalized spacial score (nSPS) is 21.0. The Bertz CT molecular complexity index is 562. The summed E-state index contributed by atoms with van der Waals surface area (Å²) in [6.07, 6.45) is 4.42. The molecule has 1 saturated heterocycles. The Hall–Kier alpha value is -1.90. The standard InChI is InChI=1S/C16H20N2O3/c1-12-5-6-18(15(12)11-20)16(21)14-8-13(9-17-10-14)4-2-3-7-19/h8-10,12,15,19-20H,3,5-7,11H2,1H3. The molecule has 21 heavy (non-hydrogen) atoms. The molecule has 2 heterocycles. The van der Waals surface area contributed by atoms with Gasteiger partial charge in [-0.3, -0.25) is 9.78 Å².